The van der Waals surface area contributed by atoms with Crippen LogP contribution in [0.4, 0.5) is 0 Å². The molecule has 0 bridgehead atoms. The molecular weight excluding hydrogens is 352 g/mol. The Labute approximate surface area is 165 Å². The lowest BCUT2D eigenvalue weighted by molar-refractivity contribution is 0.0941. The maximum Gasteiger partial charge on any atom is 0.255 e. The number of benzene rings is 2. The normalized spacial score (nSPS) is 11.3. The van der Waals surface area contributed by atoms with E-state index in [1.165, 1.54) is 5.56 Å². The number of aromatic nitrogens is 1. The first-order valence-electron chi connectivity index (χ1n) is 9.36. The number of amides is 1. The Kier molecular flexibility index (Phi) is 5.83. The number of aryl methyl sites for hydroxylation is 2. The highest BCUT2D eigenvalue weighted by molar-refractivity contribution is 5.96. The van der Waals surface area contributed by atoms with Crippen molar-refractivity contribution in [3.63, 3.8) is 0 Å². The number of hydrogen-bond donors (Lipinski definition) is 1. The van der Waals surface area contributed by atoms with Gasteiger partial charge in [0.25, 0.3) is 5.91 Å². The molecule has 0 atom stereocenters. The van der Waals surface area contributed by atoms with Crippen LogP contribution in [-0.4, -0.2) is 17.6 Å². The molecular formula is C23H26N2O3. The highest BCUT2D eigenvalue weighted by Gasteiger charge is 2.22. The van der Waals surface area contributed by atoms with Gasteiger partial charge in [-0.25, -0.2) is 0 Å². The molecule has 1 N–H and O–H groups in total. The second-order valence-corrected chi connectivity index (χ2v) is 7.52. The fraction of sp³-hybridized carbons (Fsp3) is 0.304. The van der Waals surface area contributed by atoms with E-state index in [9.17, 15) is 4.79 Å². The first-order chi connectivity index (χ1) is 13.4. The van der Waals surface area contributed by atoms with Gasteiger partial charge in [-0.2, -0.15) is 0 Å². The van der Waals surface area contributed by atoms with E-state index in [1.54, 1.807) is 12.1 Å². The average Bonchev–Trinajstić information content (AvgIpc) is 3.03. The number of ether oxygens (including phenoxy) is 1. The fourth-order valence-electron chi connectivity index (χ4n) is 3.03. The number of para-hydroxylation sites is 1. The zero-order valence-corrected chi connectivity index (χ0v) is 16.8. The van der Waals surface area contributed by atoms with Crippen molar-refractivity contribution in [2.75, 3.05) is 6.54 Å². The molecule has 5 heteroatoms. The standard InChI is InChI=1S/C23H26N2O3/c1-16-20(17(2)28-25-16)14-27-21-13-9-8-12-19(21)22(26)24-15-23(3,4)18-10-6-5-7-11-18/h5-13H,14-15H2,1-4H3,(H,24,26). The third-order valence-corrected chi connectivity index (χ3v) is 4.93. The minimum absolute atomic E-state index is 0.154. The number of carbonyl (C=O) groups is 1. The zero-order valence-electron chi connectivity index (χ0n) is 16.8. The highest BCUT2D eigenvalue weighted by Crippen LogP contribution is 2.24. The maximum atomic E-state index is 12.8. The van der Waals surface area contributed by atoms with Crippen molar-refractivity contribution in [1.29, 1.82) is 0 Å². The van der Waals surface area contributed by atoms with Gasteiger partial charge in [-0.15, -0.1) is 0 Å². The Hall–Kier alpha value is -3.08. The minimum Gasteiger partial charge on any atom is -0.488 e. The molecule has 0 saturated heterocycles. The summed E-state index contributed by atoms with van der Waals surface area (Å²) in [4.78, 5) is 12.8. The van der Waals surface area contributed by atoms with Crippen molar-refractivity contribution in [3.05, 3.63) is 82.7 Å². The van der Waals surface area contributed by atoms with Crippen LogP contribution in [0.5, 0.6) is 5.75 Å². The number of nitrogens with zero attached hydrogens (tertiary/aromatic N) is 1. The quantitative estimate of drug-likeness (QED) is 0.654. The van der Waals surface area contributed by atoms with E-state index >= 15 is 0 Å². The van der Waals surface area contributed by atoms with E-state index in [0.29, 0.717) is 24.5 Å². The Morgan fingerprint density at radius 3 is 2.43 bits per heavy atom. The molecule has 1 amide bonds. The third-order valence-electron chi connectivity index (χ3n) is 4.93. The number of hydrogen-bond acceptors (Lipinski definition) is 4. The van der Waals surface area contributed by atoms with E-state index < -0.39 is 0 Å². The largest absolute Gasteiger partial charge is 0.488 e. The van der Waals surface area contributed by atoms with Crippen LogP contribution in [0.1, 0.15) is 46.8 Å². The molecule has 0 spiro atoms. The Morgan fingerprint density at radius 2 is 1.75 bits per heavy atom. The summed E-state index contributed by atoms with van der Waals surface area (Å²) in [6.07, 6.45) is 0. The van der Waals surface area contributed by atoms with Gasteiger partial charge < -0.3 is 14.6 Å². The minimum atomic E-state index is -0.177. The first kappa shape index (κ1) is 19.7. The molecule has 0 aliphatic heterocycles. The lowest BCUT2D eigenvalue weighted by Gasteiger charge is -2.26. The van der Waals surface area contributed by atoms with E-state index in [0.717, 1.165) is 17.0 Å². The lowest BCUT2D eigenvalue weighted by atomic mass is 9.84. The van der Waals surface area contributed by atoms with Gasteiger partial charge in [0.15, 0.2) is 0 Å². The second kappa shape index (κ2) is 8.30. The fourth-order valence-corrected chi connectivity index (χ4v) is 3.03. The predicted octanol–water partition coefficient (Wildman–Crippen LogP) is 4.58. The van der Waals surface area contributed by atoms with Crippen LogP contribution in [0.25, 0.3) is 0 Å². The van der Waals surface area contributed by atoms with Crippen molar-refractivity contribution >= 4 is 5.91 Å². The molecule has 5 nitrogen and oxygen atoms in total. The summed E-state index contributed by atoms with van der Waals surface area (Å²) >= 11 is 0. The van der Waals surface area contributed by atoms with Gasteiger partial charge in [-0.3, -0.25) is 4.79 Å². The zero-order chi connectivity index (χ0) is 20.1. The smallest absolute Gasteiger partial charge is 0.255 e. The molecule has 0 aliphatic rings. The summed E-state index contributed by atoms with van der Waals surface area (Å²) in [5, 5.41) is 6.98. The molecule has 3 aromatic rings. The molecule has 28 heavy (non-hydrogen) atoms. The van der Waals surface area contributed by atoms with Gasteiger partial charge in [0.05, 0.1) is 16.8 Å². The maximum absolute atomic E-state index is 12.8. The van der Waals surface area contributed by atoms with Crippen LogP contribution in [0.3, 0.4) is 0 Å². The molecule has 146 valence electrons. The van der Waals surface area contributed by atoms with E-state index in [-0.39, 0.29) is 11.3 Å². The molecule has 1 aromatic heterocycles. The van der Waals surface area contributed by atoms with Crippen LogP contribution in [-0.2, 0) is 12.0 Å². The SMILES string of the molecule is Cc1noc(C)c1COc1ccccc1C(=O)NCC(C)(C)c1ccccc1. The molecule has 0 unspecified atom stereocenters. The van der Waals surface area contributed by atoms with Crippen LogP contribution < -0.4 is 10.1 Å². The summed E-state index contributed by atoms with van der Waals surface area (Å²) in [7, 11) is 0. The number of rotatable bonds is 7. The van der Waals surface area contributed by atoms with Crippen molar-refractivity contribution in [2.45, 2.75) is 39.7 Å². The van der Waals surface area contributed by atoms with Gasteiger partial charge in [-0.05, 0) is 31.5 Å². The molecule has 0 saturated carbocycles. The Balaban J connectivity index is 1.69. The van der Waals surface area contributed by atoms with Gasteiger partial charge in [0, 0.05) is 12.0 Å². The first-order valence-corrected chi connectivity index (χ1v) is 9.36. The van der Waals surface area contributed by atoms with Gasteiger partial charge in [0.1, 0.15) is 18.1 Å². The van der Waals surface area contributed by atoms with Crippen LogP contribution in [0.15, 0.2) is 59.1 Å². The number of carbonyl (C=O) groups excluding carboxylic acids is 1. The Bertz CT molecular complexity index is 926. The van der Waals surface area contributed by atoms with Gasteiger partial charge in [-0.1, -0.05) is 61.5 Å². The highest BCUT2D eigenvalue weighted by atomic mass is 16.5. The van der Waals surface area contributed by atoms with Gasteiger partial charge in [0.2, 0.25) is 0 Å². The van der Waals surface area contributed by atoms with E-state index in [2.05, 4.69) is 36.5 Å². The van der Waals surface area contributed by atoms with Crippen molar-refractivity contribution < 1.29 is 14.1 Å². The van der Waals surface area contributed by atoms with Gasteiger partial charge >= 0.3 is 0 Å². The molecule has 3 rings (SSSR count). The molecule has 0 radical (unpaired) electrons. The summed E-state index contributed by atoms with van der Waals surface area (Å²) in [5.41, 5.74) is 3.21. The van der Waals surface area contributed by atoms with E-state index in [4.69, 9.17) is 9.26 Å². The lowest BCUT2D eigenvalue weighted by Crippen LogP contribution is -2.36. The predicted molar refractivity (Wildman–Crippen MR) is 109 cm³/mol. The van der Waals surface area contributed by atoms with Crippen LogP contribution in [0, 0.1) is 13.8 Å². The second-order valence-electron chi connectivity index (χ2n) is 7.52. The molecule has 1 heterocycles. The van der Waals surface area contributed by atoms with Crippen molar-refractivity contribution in [1.82, 2.24) is 10.5 Å². The Morgan fingerprint density at radius 1 is 1.07 bits per heavy atom. The summed E-state index contributed by atoms with van der Waals surface area (Å²) in [6.45, 7) is 8.78. The van der Waals surface area contributed by atoms with E-state index in [1.807, 2.05) is 44.2 Å². The molecule has 0 fully saturated rings. The number of nitrogens with one attached hydrogen (secondary N) is 1. The molecule has 0 aliphatic carbocycles. The van der Waals surface area contributed by atoms with Crippen molar-refractivity contribution in [3.8, 4) is 5.75 Å². The topological polar surface area (TPSA) is 64.4 Å². The summed E-state index contributed by atoms with van der Waals surface area (Å²) < 4.78 is 11.1. The van der Waals surface area contributed by atoms with Crippen molar-refractivity contribution in [2.24, 2.45) is 0 Å². The van der Waals surface area contributed by atoms with Crippen LogP contribution in [0.2, 0.25) is 0 Å². The molecule has 2 aromatic carbocycles. The summed E-state index contributed by atoms with van der Waals surface area (Å²) in [6, 6.07) is 17.4. The van der Waals surface area contributed by atoms with Crippen LogP contribution >= 0.6 is 0 Å². The third kappa shape index (κ3) is 4.42. The summed E-state index contributed by atoms with van der Waals surface area (Å²) in [5.74, 6) is 1.11. The average molecular weight is 378 g/mol. The monoisotopic (exact) mass is 378 g/mol.